The minimum atomic E-state index is -3.47. The van der Waals surface area contributed by atoms with E-state index in [4.69, 9.17) is 13.6 Å². The molecule has 0 aliphatic rings. The van der Waals surface area contributed by atoms with Crippen molar-refractivity contribution in [3.63, 3.8) is 0 Å². The van der Waals surface area contributed by atoms with Crippen molar-refractivity contribution in [1.29, 1.82) is 0 Å². The van der Waals surface area contributed by atoms with Gasteiger partial charge in [-0.05, 0) is 37.0 Å². The first-order valence-corrected chi connectivity index (χ1v) is 21.2. The van der Waals surface area contributed by atoms with Gasteiger partial charge in [0.25, 0.3) is 0 Å². The first-order chi connectivity index (χ1) is 21.2. The van der Waals surface area contributed by atoms with Crippen LogP contribution in [0.4, 0.5) is 0 Å². The molecule has 4 nitrogen and oxygen atoms in total. The second-order valence-electron chi connectivity index (χ2n) is 15.0. The van der Waals surface area contributed by atoms with Crippen LogP contribution >= 0.6 is 7.82 Å². The molecule has 44 heavy (non-hydrogen) atoms. The Hall–Kier alpha value is 0.110. The van der Waals surface area contributed by atoms with Crippen molar-refractivity contribution in [1.82, 2.24) is 0 Å². The van der Waals surface area contributed by atoms with Gasteiger partial charge in [0.05, 0.1) is 19.8 Å². The quantitative estimate of drug-likeness (QED) is 0.0503. The van der Waals surface area contributed by atoms with Crippen LogP contribution in [0.5, 0.6) is 0 Å². The Morgan fingerprint density at radius 1 is 0.318 bits per heavy atom. The summed E-state index contributed by atoms with van der Waals surface area (Å²) in [5.74, 6) is 2.49. The number of hydrogen-bond acceptors (Lipinski definition) is 4. The zero-order valence-corrected chi connectivity index (χ0v) is 31.9. The molecule has 0 heterocycles. The van der Waals surface area contributed by atoms with E-state index in [-0.39, 0.29) is 0 Å². The number of unbranched alkanes of at least 4 members (excludes halogenated alkanes) is 21. The lowest BCUT2D eigenvalue weighted by atomic mass is 10.0. The molecule has 266 valence electrons. The maximum Gasteiger partial charge on any atom is 0.474 e. The molecule has 0 bridgehead atoms. The second-order valence-corrected chi connectivity index (χ2v) is 16.6. The minimum absolute atomic E-state index is 0.472. The lowest BCUT2D eigenvalue weighted by molar-refractivity contribution is 0.108. The van der Waals surface area contributed by atoms with Crippen LogP contribution < -0.4 is 0 Å². The highest BCUT2D eigenvalue weighted by atomic mass is 31.2. The summed E-state index contributed by atoms with van der Waals surface area (Å²) in [5.41, 5.74) is 0. The topological polar surface area (TPSA) is 44.8 Å². The highest BCUT2D eigenvalue weighted by Gasteiger charge is 2.26. The van der Waals surface area contributed by atoms with Gasteiger partial charge in [0.2, 0.25) is 0 Å². The molecule has 0 amide bonds. The van der Waals surface area contributed by atoms with Crippen molar-refractivity contribution in [3.05, 3.63) is 0 Å². The first-order valence-electron chi connectivity index (χ1n) is 19.8. The Labute approximate surface area is 277 Å². The predicted octanol–water partition coefficient (Wildman–Crippen LogP) is 14.6. The van der Waals surface area contributed by atoms with Gasteiger partial charge in [-0.15, -0.1) is 0 Å². The summed E-state index contributed by atoms with van der Waals surface area (Å²) in [6, 6.07) is 0. The molecule has 0 fully saturated rings. The standard InChI is InChI=1S/C39H81O4P/c1-37(2)31-25-19-13-7-10-16-22-28-34-41-44(40,42-35-29-23-17-11-8-14-20-26-32-38(3)4)43-36-30-24-18-12-9-15-21-27-33-39(5)6/h37-39H,7-36H2,1-6H3. The van der Waals surface area contributed by atoms with Crippen molar-refractivity contribution in [2.45, 2.75) is 215 Å². The fourth-order valence-electron chi connectivity index (χ4n) is 5.79. The second kappa shape index (κ2) is 33.0. The van der Waals surface area contributed by atoms with E-state index in [9.17, 15) is 4.57 Å². The molecule has 0 spiro atoms. The fraction of sp³-hybridized carbons (Fsp3) is 1.00. The Kier molecular flexibility index (Phi) is 33.1. The zero-order valence-electron chi connectivity index (χ0n) is 31.0. The first kappa shape index (κ1) is 44.1. The fourth-order valence-corrected chi connectivity index (χ4v) is 7.07. The average Bonchev–Trinajstić information content (AvgIpc) is 2.97. The molecule has 0 aromatic carbocycles. The van der Waals surface area contributed by atoms with Gasteiger partial charge in [-0.1, -0.05) is 196 Å². The van der Waals surface area contributed by atoms with E-state index >= 15 is 0 Å². The number of phosphoric acid groups is 1. The molecular weight excluding hydrogens is 563 g/mol. The maximum absolute atomic E-state index is 13.4. The summed E-state index contributed by atoms with van der Waals surface area (Å²) >= 11 is 0. The van der Waals surface area contributed by atoms with Crippen LogP contribution in [-0.4, -0.2) is 19.8 Å². The Morgan fingerprint density at radius 2 is 0.500 bits per heavy atom. The van der Waals surface area contributed by atoms with Crippen molar-refractivity contribution >= 4 is 7.82 Å². The van der Waals surface area contributed by atoms with Crippen LogP contribution in [0.15, 0.2) is 0 Å². The molecule has 0 saturated heterocycles. The summed E-state index contributed by atoms with van der Waals surface area (Å²) in [6.45, 7) is 15.3. The van der Waals surface area contributed by atoms with Crippen LogP contribution in [-0.2, 0) is 18.1 Å². The molecule has 0 saturated carbocycles. The molecule has 0 radical (unpaired) electrons. The van der Waals surface area contributed by atoms with Gasteiger partial charge in [0.15, 0.2) is 0 Å². The summed E-state index contributed by atoms with van der Waals surface area (Å²) in [6.07, 6.45) is 34.1. The van der Waals surface area contributed by atoms with Crippen LogP contribution in [0.2, 0.25) is 0 Å². The molecule has 0 rings (SSSR count). The van der Waals surface area contributed by atoms with Gasteiger partial charge >= 0.3 is 7.82 Å². The molecule has 0 unspecified atom stereocenters. The van der Waals surface area contributed by atoms with Crippen LogP contribution in [0.1, 0.15) is 215 Å². The number of rotatable bonds is 36. The SMILES string of the molecule is CC(C)CCCCCCCCCCOP(=O)(OCCCCCCCCCCC(C)C)OCCCCCCCCCCC(C)C. The van der Waals surface area contributed by atoms with Gasteiger partial charge in [-0.25, -0.2) is 4.57 Å². The summed E-state index contributed by atoms with van der Waals surface area (Å²) in [4.78, 5) is 0. The third-order valence-corrected chi connectivity index (χ3v) is 10.3. The van der Waals surface area contributed by atoms with Crippen LogP contribution in [0.3, 0.4) is 0 Å². The van der Waals surface area contributed by atoms with Crippen molar-refractivity contribution in [2.75, 3.05) is 19.8 Å². The third kappa shape index (κ3) is 35.0. The molecule has 0 aromatic heterocycles. The van der Waals surface area contributed by atoms with Crippen molar-refractivity contribution < 1.29 is 18.1 Å². The van der Waals surface area contributed by atoms with E-state index in [0.29, 0.717) is 19.8 Å². The largest absolute Gasteiger partial charge is 0.474 e. The summed E-state index contributed by atoms with van der Waals surface area (Å²) in [5, 5.41) is 0. The molecule has 0 aliphatic heterocycles. The van der Waals surface area contributed by atoms with Crippen molar-refractivity contribution in [2.24, 2.45) is 17.8 Å². The molecule has 0 N–H and O–H groups in total. The molecule has 5 heteroatoms. The molecular formula is C39H81O4P. The van der Waals surface area contributed by atoms with Gasteiger partial charge in [-0.3, -0.25) is 13.6 Å². The highest BCUT2D eigenvalue weighted by molar-refractivity contribution is 7.48. The van der Waals surface area contributed by atoms with E-state index < -0.39 is 7.82 Å². The minimum Gasteiger partial charge on any atom is -0.287 e. The van der Waals surface area contributed by atoms with E-state index in [1.54, 1.807) is 0 Å². The number of phosphoric ester groups is 1. The number of hydrogen-bond donors (Lipinski definition) is 0. The van der Waals surface area contributed by atoms with Gasteiger partial charge in [0, 0.05) is 0 Å². The molecule has 0 aliphatic carbocycles. The Morgan fingerprint density at radius 3 is 0.705 bits per heavy atom. The third-order valence-electron chi connectivity index (χ3n) is 8.78. The zero-order chi connectivity index (χ0) is 32.6. The van der Waals surface area contributed by atoms with E-state index in [0.717, 1.165) is 56.3 Å². The monoisotopic (exact) mass is 645 g/mol. The Balaban J connectivity index is 4.11. The highest BCUT2D eigenvalue weighted by Crippen LogP contribution is 2.50. The molecule has 0 atom stereocenters. The van der Waals surface area contributed by atoms with Crippen molar-refractivity contribution in [3.8, 4) is 0 Å². The normalized spacial score (nSPS) is 12.4. The van der Waals surface area contributed by atoms with Gasteiger partial charge in [-0.2, -0.15) is 0 Å². The van der Waals surface area contributed by atoms with E-state index in [2.05, 4.69) is 41.5 Å². The summed E-state index contributed by atoms with van der Waals surface area (Å²) in [7, 11) is -3.47. The predicted molar refractivity (Wildman–Crippen MR) is 195 cm³/mol. The lowest BCUT2D eigenvalue weighted by Gasteiger charge is -2.18. The average molecular weight is 645 g/mol. The van der Waals surface area contributed by atoms with E-state index in [1.165, 1.54) is 135 Å². The lowest BCUT2D eigenvalue weighted by Crippen LogP contribution is -2.04. The maximum atomic E-state index is 13.4. The summed E-state index contributed by atoms with van der Waals surface area (Å²) < 4.78 is 30.9. The smallest absolute Gasteiger partial charge is 0.287 e. The van der Waals surface area contributed by atoms with Crippen LogP contribution in [0, 0.1) is 17.8 Å². The van der Waals surface area contributed by atoms with Gasteiger partial charge < -0.3 is 0 Å². The Bertz CT molecular complexity index is 526. The molecule has 0 aromatic rings. The van der Waals surface area contributed by atoms with E-state index in [1.807, 2.05) is 0 Å². The van der Waals surface area contributed by atoms with Gasteiger partial charge in [0.1, 0.15) is 0 Å². The van der Waals surface area contributed by atoms with Crippen LogP contribution in [0.25, 0.3) is 0 Å².